The number of hydrogen-bond donors (Lipinski definition) is 2. The van der Waals surface area contributed by atoms with Gasteiger partial charge in [-0.25, -0.2) is 0 Å². The van der Waals surface area contributed by atoms with Crippen LogP contribution in [0.3, 0.4) is 0 Å². The zero-order valence-electron chi connectivity index (χ0n) is 14.8. The predicted octanol–water partition coefficient (Wildman–Crippen LogP) is 2.18. The number of nitrogens with zero attached hydrogens (tertiary/aromatic N) is 2. The topological polar surface area (TPSA) is 38.7 Å². The fourth-order valence-corrected chi connectivity index (χ4v) is 4.96. The van der Waals surface area contributed by atoms with Crippen LogP contribution < -0.4 is 10.2 Å². The maximum Gasteiger partial charge on any atom is 0.0869 e. The van der Waals surface area contributed by atoms with Gasteiger partial charge in [-0.3, -0.25) is 4.90 Å². The minimum Gasteiger partial charge on any atom is -0.388 e. The summed E-state index contributed by atoms with van der Waals surface area (Å²) in [6.45, 7) is 9.53. The normalized spacial score (nSPS) is 25.3. The van der Waals surface area contributed by atoms with E-state index in [0.29, 0.717) is 6.54 Å². The third kappa shape index (κ3) is 4.66. The highest BCUT2D eigenvalue weighted by Crippen LogP contribution is 2.27. The van der Waals surface area contributed by atoms with Gasteiger partial charge in [0.15, 0.2) is 0 Å². The second-order valence-corrected chi connectivity index (χ2v) is 8.19. The molecule has 134 valence electrons. The van der Waals surface area contributed by atoms with E-state index in [1.807, 2.05) is 11.8 Å². The fourth-order valence-electron chi connectivity index (χ4n) is 3.66. The summed E-state index contributed by atoms with van der Waals surface area (Å²) in [6.07, 6.45) is 2.15. The molecular weight excluding hydrogens is 318 g/mol. The Kier molecular flexibility index (Phi) is 6.44. The van der Waals surface area contributed by atoms with Crippen LogP contribution in [0.15, 0.2) is 24.3 Å². The monoisotopic (exact) mass is 349 g/mol. The Morgan fingerprint density at radius 3 is 2.71 bits per heavy atom. The van der Waals surface area contributed by atoms with Crippen LogP contribution in [0.4, 0.5) is 5.69 Å². The highest BCUT2D eigenvalue weighted by Gasteiger charge is 2.31. The van der Waals surface area contributed by atoms with Crippen LogP contribution in [0.2, 0.25) is 0 Å². The summed E-state index contributed by atoms with van der Waals surface area (Å²) in [6, 6.07) is 8.72. The number of thioether (sulfide) groups is 1. The molecule has 0 aliphatic carbocycles. The molecule has 5 heteroatoms. The number of hydrogen-bond acceptors (Lipinski definition) is 5. The second-order valence-electron chi connectivity index (χ2n) is 7.09. The Balaban J connectivity index is 1.55. The molecule has 1 aromatic rings. The van der Waals surface area contributed by atoms with Crippen molar-refractivity contribution in [1.82, 2.24) is 10.2 Å². The number of anilines is 1. The van der Waals surface area contributed by atoms with Crippen molar-refractivity contribution in [2.75, 3.05) is 55.7 Å². The predicted molar refractivity (Wildman–Crippen MR) is 104 cm³/mol. The van der Waals surface area contributed by atoms with Crippen LogP contribution >= 0.6 is 11.8 Å². The first kappa shape index (κ1) is 18.1. The van der Waals surface area contributed by atoms with E-state index in [4.69, 9.17) is 0 Å². The zero-order valence-corrected chi connectivity index (χ0v) is 15.7. The third-order valence-corrected chi connectivity index (χ3v) is 6.33. The molecule has 0 radical (unpaired) electrons. The standard InChI is InChI=1S/C19H31N3OS/c1-2-8-21-9-11-22(12-10-21)18-6-4-3-5-17(18)14-20-15-19(23)7-13-24-16-19/h3-6,20,23H,2,7-16H2,1H3/t19-/m0/s1. The molecule has 2 aliphatic rings. The van der Waals surface area contributed by atoms with E-state index in [1.165, 1.54) is 24.2 Å². The number of para-hydroxylation sites is 1. The maximum absolute atomic E-state index is 10.5. The van der Waals surface area contributed by atoms with Gasteiger partial charge in [0, 0.05) is 50.7 Å². The van der Waals surface area contributed by atoms with Crippen LogP contribution in [0, 0.1) is 0 Å². The average molecular weight is 350 g/mol. The van der Waals surface area contributed by atoms with Crippen LogP contribution in [0.5, 0.6) is 0 Å². The van der Waals surface area contributed by atoms with Crippen molar-refractivity contribution in [3.8, 4) is 0 Å². The average Bonchev–Trinajstić information content (AvgIpc) is 3.03. The summed E-state index contributed by atoms with van der Waals surface area (Å²) in [5.41, 5.74) is 2.19. The van der Waals surface area contributed by atoms with Crippen LogP contribution in [0.25, 0.3) is 0 Å². The second kappa shape index (κ2) is 8.56. The van der Waals surface area contributed by atoms with Gasteiger partial charge in [0.2, 0.25) is 0 Å². The van der Waals surface area contributed by atoms with Crippen molar-refractivity contribution in [1.29, 1.82) is 0 Å². The molecule has 2 fully saturated rings. The molecule has 0 spiro atoms. The van der Waals surface area contributed by atoms with E-state index in [1.54, 1.807) is 0 Å². The van der Waals surface area contributed by atoms with Gasteiger partial charge in [0.1, 0.15) is 0 Å². The first-order valence-electron chi connectivity index (χ1n) is 9.26. The van der Waals surface area contributed by atoms with Crippen LogP contribution in [-0.2, 0) is 6.54 Å². The van der Waals surface area contributed by atoms with Gasteiger partial charge in [-0.1, -0.05) is 25.1 Å². The molecule has 0 saturated carbocycles. The van der Waals surface area contributed by atoms with Gasteiger partial charge < -0.3 is 15.3 Å². The van der Waals surface area contributed by atoms with Gasteiger partial charge >= 0.3 is 0 Å². The molecule has 2 N–H and O–H groups in total. The molecule has 3 rings (SSSR count). The molecule has 2 heterocycles. The van der Waals surface area contributed by atoms with Crippen molar-refractivity contribution < 1.29 is 5.11 Å². The largest absolute Gasteiger partial charge is 0.388 e. The van der Waals surface area contributed by atoms with Crippen molar-refractivity contribution in [2.45, 2.75) is 31.9 Å². The number of rotatable bonds is 7. The number of aliphatic hydroxyl groups is 1. The molecule has 0 unspecified atom stereocenters. The SMILES string of the molecule is CCCN1CCN(c2ccccc2CNC[C@@]2(O)CCSC2)CC1. The lowest BCUT2D eigenvalue weighted by Gasteiger charge is -2.37. The Morgan fingerprint density at radius 1 is 1.21 bits per heavy atom. The Labute approximate surface area is 150 Å². The third-order valence-electron chi connectivity index (χ3n) is 5.10. The van der Waals surface area contributed by atoms with Gasteiger partial charge in [0.05, 0.1) is 5.60 Å². The molecule has 4 nitrogen and oxygen atoms in total. The highest BCUT2D eigenvalue weighted by atomic mass is 32.2. The van der Waals surface area contributed by atoms with E-state index in [-0.39, 0.29) is 0 Å². The smallest absolute Gasteiger partial charge is 0.0869 e. The molecule has 2 saturated heterocycles. The molecule has 2 aliphatic heterocycles. The van der Waals surface area contributed by atoms with Gasteiger partial charge in [0.25, 0.3) is 0 Å². The maximum atomic E-state index is 10.5. The van der Waals surface area contributed by atoms with Crippen LogP contribution in [-0.4, -0.2) is 66.4 Å². The summed E-state index contributed by atoms with van der Waals surface area (Å²) in [5.74, 6) is 1.94. The van der Waals surface area contributed by atoms with E-state index >= 15 is 0 Å². The summed E-state index contributed by atoms with van der Waals surface area (Å²) in [7, 11) is 0. The minimum atomic E-state index is -0.509. The molecular formula is C19H31N3OS. The summed E-state index contributed by atoms with van der Waals surface area (Å²) in [4.78, 5) is 5.08. The summed E-state index contributed by atoms with van der Waals surface area (Å²) in [5, 5.41) is 14.0. The lowest BCUT2D eigenvalue weighted by molar-refractivity contribution is 0.0675. The van der Waals surface area contributed by atoms with E-state index in [2.05, 4.69) is 46.3 Å². The van der Waals surface area contributed by atoms with Crippen LogP contribution in [0.1, 0.15) is 25.3 Å². The zero-order chi connectivity index (χ0) is 16.8. The lowest BCUT2D eigenvalue weighted by Crippen LogP contribution is -2.47. The highest BCUT2D eigenvalue weighted by molar-refractivity contribution is 7.99. The summed E-state index contributed by atoms with van der Waals surface area (Å²) < 4.78 is 0. The Bertz CT molecular complexity index is 511. The molecule has 24 heavy (non-hydrogen) atoms. The molecule has 0 bridgehead atoms. The van der Waals surface area contributed by atoms with Crippen molar-refractivity contribution in [3.05, 3.63) is 29.8 Å². The van der Waals surface area contributed by atoms with Crippen molar-refractivity contribution >= 4 is 17.4 Å². The first-order chi connectivity index (χ1) is 11.7. The first-order valence-corrected chi connectivity index (χ1v) is 10.4. The van der Waals surface area contributed by atoms with Gasteiger partial charge in [-0.05, 0) is 36.8 Å². The quantitative estimate of drug-likeness (QED) is 0.789. The number of benzene rings is 1. The fraction of sp³-hybridized carbons (Fsp3) is 0.684. The van der Waals surface area contributed by atoms with Crippen molar-refractivity contribution in [3.63, 3.8) is 0 Å². The Morgan fingerprint density at radius 2 is 2.00 bits per heavy atom. The lowest BCUT2D eigenvalue weighted by atomic mass is 10.0. The molecule has 1 atom stereocenters. The van der Waals surface area contributed by atoms with Gasteiger partial charge in [-0.2, -0.15) is 11.8 Å². The van der Waals surface area contributed by atoms with Crippen molar-refractivity contribution in [2.24, 2.45) is 0 Å². The van der Waals surface area contributed by atoms with Gasteiger partial charge in [-0.15, -0.1) is 0 Å². The van der Waals surface area contributed by atoms with E-state index in [0.717, 1.165) is 50.7 Å². The Hall–Kier alpha value is -0.750. The minimum absolute atomic E-state index is 0.509. The summed E-state index contributed by atoms with van der Waals surface area (Å²) >= 11 is 1.85. The van der Waals surface area contributed by atoms with E-state index < -0.39 is 5.60 Å². The number of piperazine rings is 1. The molecule has 1 aromatic carbocycles. The molecule has 0 aromatic heterocycles. The molecule has 0 amide bonds. The van der Waals surface area contributed by atoms with E-state index in [9.17, 15) is 5.11 Å². The number of nitrogens with one attached hydrogen (secondary N) is 1.